The predicted octanol–water partition coefficient (Wildman–Crippen LogP) is 4.23. The topological polar surface area (TPSA) is 44.3 Å². The van der Waals surface area contributed by atoms with Crippen LogP contribution in [0.15, 0.2) is 41.8 Å². The van der Waals surface area contributed by atoms with Gasteiger partial charge in [-0.2, -0.15) is 13.2 Å². The molecule has 0 fully saturated rings. The summed E-state index contributed by atoms with van der Waals surface area (Å²) in [7, 11) is 1.98. The van der Waals surface area contributed by atoms with Crippen LogP contribution in [0.5, 0.6) is 0 Å². The molecule has 1 aliphatic carbocycles. The number of hydrogen-bond acceptors (Lipinski definition) is 3. The molecule has 28 heavy (non-hydrogen) atoms. The van der Waals surface area contributed by atoms with Crippen LogP contribution in [-0.2, 0) is 24.9 Å². The lowest BCUT2D eigenvalue weighted by molar-refractivity contribution is -0.173. The van der Waals surface area contributed by atoms with E-state index in [4.69, 9.17) is 4.84 Å². The second kappa shape index (κ2) is 7.00. The summed E-state index contributed by atoms with van der Waals surface area (Å²) in [6.45, 7) is 1.11. The van der Waals surface area contributed by atoms with E-state index in [9.17, 15) is 13.2 Å². The van der Waals surface area contributed by atoms with Crippen molar-refractivity contribution in [2.75, 3.05) is 6.61 Å². The van der Waals surface area contributed by atoms with Crippen molar-refractivity contribution in [2.24, 2.45) is 18.1 Å². The number of aryl methyl sites for hydroxylation is 2. The van der Waals surface area contributed by atoms with Gasteiger partial charge in [0.05, 0.1) is 5.71 Å². The number of nitrogens with zero attached hydrogens (tertiary/aromatic N) is 4. The quantitative estimate of drug-likeness (QED) is 0.626. The first-order valence-electron chi connectivity index (χ1n) is 9.16. The van der Waals surface area contributed by atoms with E-state index < -0.39 is 12.8 Å². The van der Waals surface area contributed by atoms with Crippen LogP contribution >= 0.6 is 0 Å². The molecule has 148 valence electrons. The van der Waals surface area contributed by atoms with E-state index >= 15 is 0 Å². The van der Waals surface area contributed by atoms with Crippen molar-refractivity contribution in [2.45, 2.75) is 32.5 Å². The Bertz CT molecular complexity index is 1030. The van der Waals surface area contributed by atoms with Crippen molar-refractivity contribution in [3.63, 3.8) is 0 Å². The van der Waals surface area contributed by atoms with Gasteiger partial charge in [-0.1, -0.05) is 23.4 Å². The number of halogens is 3. The summed E-state index contributed by atoms with van der Waals surface area (Å²) in [5.41, 5.74) is 3.59. The average molecular weight is 390 g/mol. The molecule has 1 aliphatic rings. The minimum atomic E-state index is -4.42. The lowest BCUT2D eigenvalue weighted by Gasteiger charge is -2.26. The maximum atomic E-state index is 12.6. The fourth-order valence-corrected chi connectivity index (χ4v) is 3.98. The first kappa shape index (κ1) is 18.6. The molecular weight excluding hydrogens is 369 g/mol. The Kier molecular flexibility index (Phi) is 4.64. The van der Waals surface area contributed by atoms with Crippen molar-refractivity contribution in [3.05, 3.63) is 53.7 Å². The number of rotatable bonds is 4. The summed E-state index contributed by atoms with van der Waals surface area (Å²) in [5.74, 6) is 0.804. The number of aromatic nitrogens is 3. The third-order valence-corrected chi connectivity index (χ3v) is 5.33. The molecule has 4 rings (SSSR count). The number of fused-ring (bicyclic) bond motifs is 3. The number of alkyl halides is 3. The Morgan fingerprint density at radius 2 is 2.07 bits per heavy atom. The molecule has 1 aromatic carbocycles. The molecule has 0 bridgehead atoms. The highest BCUT2D eigenvalue weighted by molar-refractivity contribution is 6.13. The number of benzene rings is 1. The molecule has 3 aromatic rings. The van der Waals surface area contributed by atoms with Gasteiger partial charge in [0.15, 0.2) is 0 Å². The second-order valence-corrected chi connectivity index (χ2v) is 7.13. The third kappa shape index (κ3) is 3.39. The Balaban J connectivity index is 1.78. The maximum Gasteiger partial charge on any atom is 0.425 e. The third-order valence-electron chi connectivity index (χ3n) is 5.33. The van der Waals surface area contributed by atoms with E-state index in [2.05, 4.69) is 14.7 Å². The van der Waals surface area contributed by atoms with Gasteiger partial charge in [-0.3, -0.25) is 0 Å². The van der Waals surface area contributed by atoms with Gasteiger partial charge in [0, 0.05) is 54.1 Å². The minimum absolute atomic E-state index is 0.0561. The summed E-state index contributed by atoms with van der Waals surface area (Å²) in [6.07, 6.45) is 0.789. The molecule has 0 spiro atoms. The molecule has 2 heterocycles. The summed E-state index contributed by atoms with van der Waals surface area (Å²) >= 11 is 0. The number of para-hydroxylation sites is 1. The van der Waals surface area contributed by atoms with E-state index in [0.29, 0.717) is 12.3 Å². The van der Waals surface area contributed by atoms with Crippen molar-refractivity contribution >= 4 is 16.6 Å². The molecule has 0 amide bonds. The first-order chi connectivity index (χ1) is 13.3. The van der Waals surface area contributed by atoms with Gasteiger partial charge in [-0.05, 0) is 25.8 Å². The van der Waals surface area contributed by atoms with E-state index in [0.717, 1.165) is 40.8 Å². The largest absolute Gasteiger partial charge is 0.425 e. The highest BCUT2D eigenvalue weighted by atomic mass is 19.4. The Labute approximate surface area is 160 Å². The highest BCUT2D eigenvalue weighted by Crippen LogP contribution is 2.35. The molecule has 8 heteroatoms. The van der Waals surface area contributed by atoms with Gasteiger partial charge in [-0.15, -0.1) is 0 Å². The second-order valence-electron chi connectivity index (χ2n) is 7.13. The summed E-state index contributed by atoms with van der Waals surface area (Å²) < 4.78 is 41.9. The standard InChI is InChI=1S/C20H21F3N4O/c1-13-24-9-10-27(13)11-14-7-8-17-18(19(14)25-28-12-20(21,22)23)15-5-3-4-6-16(15)26(17)2/h3-6,9-10,14H,7-8,11-12H2,1-2H3. The van der Waals surface area contributed by atoms with E-state index in [-0.39, 0.29) is 5.92 Å². The molecule has 0 saturated carbocycles. The predicted molar refractivity (Wildman–Crippen MR) is 100 cm³/mol. The zero-order valence-corrected chi connectivity index (χ0v) is 15.7. The maximum absolute atomic E-state index is 12.6. The molecule has 1 atom stereocenters. The minimum Gasteiger partial charge on any atom is -0.386 e. The molecule has 0 saturated heterocycles. The Hall–Kier alpha value is -2.77. The van der Waals surface area contributed by atoms with Crippen LogP contribution in [0.1, 0.15) is 23.5 Å². The van der Waals surface area contributed by atoms with Gasteiger partial charge in [0.2, 0.25) is 6.61 Å². The molecule has 5 nitrogen and oxygen atoms in total. The van der Waals surface area contributed by atoms with Crippen LogP contribution in [0.4, 0.5) is 13.2 Å². The molecule has 0 aliphatic heterocycles. The summed E-state index contributed by atoms with van der Waals surface area (Å²) in [4.78, 5) is 9.00. The van der Waals surface area contributed by atoms with Crippen molar-refractivity contribution < 1.29 is 18.0 Å². The molecule has 2 aromatic heterocycles. The van der Waals surface area contributed by atoms with Crippen molar-refractivity contribution in [1.29, 1.82) is 0 Å². The van der Waals surface area contributed by atoms with Crippen LogP contribution in [0.25, 0.3) is 10.9 Å². The van der Waals surface area contributed by atoms with E-state index in [1.165, 1.54) is 0 Å². The Morgan fingerprint density at radius 1 is 1.29 bits per heavy atom. The molecular formula is C20H21F3N4O. The van der Waals surface area contributed by atoms with Crippen LogP contribution in [-0.4, -0.2) is 32.6 Å². The van der Waals surface area contributed by atoms with Gasteiger partial charge < -0.3 is 14.0 Å². The first-order valence-corrected chi connectivity index (χ1v) is 9.16. The van der Waals surface area contributed by atoms with E-state index in [1.54, 1.807) is 6.20 Å². The molecule has 0 radical (unpaired) electrons. The lowest BCUT2D eigenvalue weighted by Crippen LogP contribution is -2.28. The monoisotopic (exact) mass is 390 g/mol. The van der Waals surface area contributed by atoms with Crippen molar-refractivity contribution in [3.8, 4) is 0 Å². The number of hydrogen-bond donors (Lipinski definition) is 0. The highest BCUT2D eigenvalue weighted by Gasteiger charge is 2.33. The zero-order chi connectivity index (χ0) is 19.9. The van der Waals surface area contributed by atoms with Gasteiger partial charge >= 0.3 is 6.18 Å². The van der Waals surface area contributed by atoms with Gasteiger partial charge in [0.1, 0.15) is 5.82 Å². The average Bonchev–Trinajstić information content (AvgIpc) is 3.18. The van der Waals surface area contributed by atoms with Crippen molar-refractivity contribution in [1.82, 2.24) is 14.1 Å². The fraction of sp³-hybridized carbons (Fsp3) is 0.400. The van der Waals surface area contributed by atoms with Gasteiger partial charge in [0.25, 0.3) is 0 Å². The van der Waals surface area contributed by atoms with Gasteiger partial charge in [-0.25, -0.2) is 4.98 Å². The zero-order valence-electron chi connectivity index (χ0n) is 15.7. The van der Waals surface area contributed by atoms with Crippen LogP contribution in [0.3, 0.4) is 0 Å². The Morgan fingerprint density at radius 3 is 2.79 bits per heavy atom. The van der Waals surface area contributed by atoms with Crippen LogP contribution in [0.2, 0.25) is 0 Å². The molecule has 0 N–H and O–H groups in total. The lowest BCUT2D eigenvalue weighted by atomic mass is 9.84. The van der Waals surface area contributed by atoms with E-state index in [1.807, 2.05) is 49.0 Å². The smallest absolute Gasteiger partial charge is 0.386 e. The summed E-state index contributed by atoms with van der Waals surface area (Å²) in [5, 5.41) is 5.00. The summed E-state index contributed by atoms with van der Waals surface area (Å²) in [6, 6.07) is 7.88. The SMILES string of the molecule is Cc1nccn1CC1CCc2c(c3ccccc3n2C)C1=NOCC(F)(F)F. The normalized spacial score (nSPS) is 18.6. The molecule has 1 unspecified atom stereocenters. The van der Waals surface area contributed by atoms with Crippen LogP contribution < -0.4 is 0 Å². The fourth-order valence-electron chi connectivity index (χ4n) is 3.98. The van der Waals surface area contributed by atoms with Crippen LogP contribution in [0, 0.1) is 12.8 Å². The number of oxime groups is 1. The number of imidazole rings is 1.